The number of hydrogen-bond acceptors (Lipinski definition) is 4. The molecular weight excluding hydrogens is 338 g/mol. The van der Waals surface area contributed by atoms with E-state index >= 15 is 0 Å². The molecule has 27 heavy (non-hydrogen) atoms. The lowest BCUT2D eigenvalue weighted by molar-refractivity contribution is 0.572. The summed E-state index contributed by atoms with van der Waals surface area (Å²) in [6, 6.07) is 14.1. The van der Waals surface area contributed by atoms with Gasteiger partial charge in [0.2, 0.25) is 5.89 Å². The first-order valence-corrected chi connectivity index (χ1v) is 9.10. The Morgan fingerprint density at radius 1 is 1.00 bits per heavy atom. The van der Waals surface area contributed by atoms with Gasteiger partial charge in [-0.3, -0.25) is 9.98 Å². The van der Waals surface area contributed by atoms with Gasteiger partial charge >= 0.3 is 0 Å². The first-order valence-electron chi connectivity index (χ1n) is 9.10. The van der Waals surface area contributed by atoms with E-state index in [9.17, 15) is 0 Å². The average Bonchev–Trinajstić information content (AvgIpc) is 3.17. The average molecular weight is 363 g/mol. The molecule has 6 nitrogen and oxygen atoms in total. The lowest BCUT2D eigenvalue weighted by Gasteiger charge is -2.11. The van der Waals surface area contributed by atoms with Gasteiger partial charge in [-0.1, -0.05) is 23.8 Å². The van der Waals surface area contributed by atoms with Gasteiger partial charge in [-0.25, -0.2) is 4.98 Å². The summed E-state index contributed by atoms with van der Waals surface area (Å²) in [5.74, 6) is 1.43. The van der Waals surface area contributed by atoms with Crippen LogP contribution in [0.1, 0.15) is 17.0 Å². The van der Waals surface area contributed by atoms with Gasteiger partial charge in [0, 0.05) is 50.4 Å². The van der Waals surface area contributed by atoms with Crippen molar-refractivity contribution in [3.05, 3.63) is 71.9 Å². The molecule has 6 heteroatoms. The number of oxazole rings is 1. The molecule has 2 aromatic heterocycles. The van der Waals surface area contributed by atoms with E-state index in [2.05, 4.69) is 44.7 Å². The number of benzene rings is 1. The van der Waals surface area contributed by atoms with Crippen molar-refractivity contribution in [2.45, 2.75) is 19.8 Å². The second kappa shape index (κ2) is 9.52. The highest BCUT2D eigenvalue weighted by molar-refractivity contribution is 5.79. The predicted molar refractivity (Wildman–Crippen MR) is 108 cm³/mol. The number of aliphatic imine (C=N–C) groups is 1. The standard InChI is InChI=1S/C21H25N5O/c1-16-6-8-17(9-7-16)20-26-19(15-27-20)11-14-25-21(22-2)24-13-10-18-5-3-4-12-23-18/h3-9,12,15H,10-11,13-14H2,1-2H3,(H2,22,24,25). The molecule has 0 aliphatic rings. The summed E-state index contributed by atoms with van der Waals surface area (Å²) in [6.45, 7) is 3.56. The van der Waals surface area contributed by atoms with Crippen molar-refractivity contribution in [1.29, 1.82) is 0 Å². The molecule has 0 unspecified atom stereocenters. The minimum atomic E-state index is 0.655. The van der Waals surface area contributed by atoms with Gasteiger partial charge < -0.3 is 15.1 Å². The predicted octanol–water partition coefficient (Wildman–Crippen LogP) is 3.00. The van der Waals surface area contributed by atoms with Crippen LogP contribution in [-0.4, -0.2) is 36.1 Å². The van der Waals surface area contributed by atoms with Crippen molar-refractivity contribution in [1.82, 2.24) is 20.6 Å². The maximum Gasteiger partial charge on any atom is 0.226 e. The highest BCUT2D eigenvalue weighted by Crippen LogP contribution is 2.19. The van der Waals surface area contributed by atoms with Gasteiger partial charge in [-0.05, 0) is 31.2 Å². The van der Waals surface area contributed by atoms with Crippen LogP contribution in [0.2, 0.25) is 0 Å². The number of nitrogens with one attached hydrogen (secondary N) is 2. The van der Waals surface area contributed by atoms with Gasteiger partial charge in [-0.2, -0.15) is 0 Å². The summed E-state index contributed by atoms with van der Waals surface area (Å²) < 4.78 is 5.60. The highest BCUT2D eigenvalue weighted by atomic mass is 16.3. The van der Waals surface area contributed by atoms with Crippen molar-refractivity contribution >= 4 is 5.96 Å². The quantitative estimate of drug-likeness (QED) is 0.499. The van der Waals surface area contributed by atoms with Crippen molar-refractivity contribution < 1.29 is 4.42 Å². The van der Waals surface area contributed by atoms with Crippen LogP contribution in [0.25, 0.3) is 11.5 Å². The monoisotopic (exact) mass is 363 g/mol. The normalized spacial score (nSPS) is 11.4. The number of guanidine groups is 1. The number of rotatable bonds is 7. The van der Waals surface area contributed by atoms with Crippen LogP contribution in [0.15, 0.2) is 64.3 Å². The number of hydrogen-bond donors (Lipinski definition) is 2. The lowest BCUT2D eigenvalue weighted by atomic mass is 10.1. The molecular formula is C21H25N5O. The molecule has 0 radical (unpaired) electrons. The maximum atomic E-state index is 5.60. The van der Waals surface area contributed by atoms with E-state index in [1.54, 1.807) is 13.3 Å². The van der Waals surface area contributed by atoms with E-state index < -0.39 is 0 Å². The SMILES string of the molecule is CN=C(NCCc1ccccn1)NCCc1coc(-c2ccc(C)cc2)n1. The van der Waals surface area contributed by atoms with E-state index in [1.165, 1.54) is 5.56 Å². The van der Waals surface area contributed by atoms with Crippen LogP contribution >= 0.6 is 0 Å². The molecule has 0 saturated carbocycles. The van der Waals surface area contributed by atoms with E-state index in [4.69, 9.17) is 4.42 Å². The zero-order chi connectivity index (χ0) is 18.9. The number of nitrogens with zero attached hydrogens (tertiary/aromatic N) is 3. The van der Waals surface area contributed by atoms with Crippen LogP contribution in [0.3, 0.4) is 0 Å². The molecule has 0 aliphatic heterocycles. The summed E-state index contributed by atoms with van der Waals surface area (Å²) in [5, 5.41) is 6.59. The Bertz CT molecular complexity index is 856. The van der Waals surface area contributed by atoms with E-state index in [-0.39, 0.29) is 0 Å². The summed E-state index contributed by atoms with van der Waals surface area (Å²) >= 11 is 0. The van der Waals surface area contributed by atoms with Gasteiger partial charge in [0.05, 0.1) is 5.69 Å². The van der Waals surface area contributed by atoms with Crippen LogP contribution in [0, 0.1) is 6.92 Å². The Labute approximate surface area is 159 Å². The number of aryl methyl sites for hydroxylation is 1. The molecule has 2 N–H and O–H groups in total. The molecule has 3 rings (SSSR count). The molecule has 0 aliphatic carbocycles. The first-order chi connectivity index (χ1) is 13.2. The van der Waals surface area contributed by atoms with Crippen LogP contribution < -0.4 is 10.6 Å². The molecule has 1 aromatic carbocycles. The fourth-order valence-electron chi connectivity index (χ4n) is 2.64. The maximum absolute atomic E-state index is 5.60. The van der Waals surface area contributed by atoms with E-state index in [0.29, 0.717) is 5.89 Å². The van der Waals surface area contributed by atoms with Gasteiger partial charge in [0.25, 0.3) is 0 Å². The largest absolute Gasteiger partial charge is 0.444 e. The molecule has 3 aromatic rings. The van der Waals surface area contributed by atoms with Crippen molar-refractivity contribution in [3.63, 3.8) is 0 Å². The van der Waals surface area contributed by atoms with Crippen LogP contribution in [0.5, 0.6) is 0 Å². The van der Waals surface area contributed by atoms with E-state index in [0.717, 1.165) is 48.8 Å². The fraction of sp³-hybridized carbons (Fsp3) is 0.286. The third-order valence-electron chi connectivity index (χ3n) is 4.15. The molecule has 0 saturated heterocycles. The summed E-state index contributed by atoms with van der Waals surface area (Å²) in [6.07, 6.45) is 5.14. The van der Waals surface area contributed by atoms with Gasteiger partial charge in [-0.15, -0.1) is 0 Å². The second-order valence-electron chi connectivity index (χ2n) is 6.26. The highest BCUT2D eigenvalue weighted by Gasteiger charge is 2.07. The Morgan fingerprint density at radius 3 is 2.41 bits per heavy atom. The zero-order valence-electron chi connectivity index (χ0n) is 15.8. The molecule has 0 bridgehead atoms. The third-order valence-corrected chi connectivity index (χ3v) is 4.15. The van der Waals surface area contributed by atoms with Crippen LogP contribution in [-0.2, 0) is 12.8 Å². The summed E-state index contributed by atoms with van der Waals surface area (Å²) in [5.41, 5.74) is 4.19. The molecule has 0 atom stereocenters. The minimum Gasteiger partial charge on any atom is -0.444 e. The number of pyridine rings is 1. The Kier molecular flexibility index (Phi) is 6.57. The van der Waals surface area contributed by atoms with Crippen LogP contribution in [0.4, 0.5) is 0 Å². The summed E-state index contributed by atoms with van der Waals surface area (Å²) in [4.78, 5) is 13.1. The number of aromatic nitrogens is 2. The lowest BCUT2D eigenvalue weighted by Crippen LogP contribution is -2.39. The minimum absolute atomic E-state index is 0.655. The molecule has 140 valence electrons. The molecule has 0 fully saturated rings. The molecule has 0 amide bonds. The van der Waals surface area contributed by atoms with Crippen molar-refractivity contribution in [3.8, 4) is 11.5 Å². The Morgan fingerprint density at radius 2 is 1.74 bits per heavy atom. The van der Waals surface area contributed by atoms with Crippen molar-refractivity contribution in [2.24, 2.45) is 4.99 Å². The molecule has 2 heterocycles. The van der Waals surface area contributed by atoms with Gasteiger partial charge in [0.15, 0.2) is 5.96 Å². The van der Waals surface area contributed by atoms with Gasteiger partial charge in [0.1, 0.15) is 6.26 Å². The zero-order valence-corrected chi connectivity index (χ0v) is 15.8. The third kappa shape index (κ3) is 5.67. The molecule has 0 spiro atoms. The topological polar surface area (TPSA) is 75.3 Å². The Hall–Kier alpha value is -3.15. The second-order valence-corrected chi connectivity index (χ2v) is 6.26. The van der Waals surface area contributed by atoms with Crippen molar-refractivity contribution in [2.75, 3.05) is 20.1 Å². The smallest absolute Gasteiger partial charge is 0.226 e. The van der Waals surface area contributed by atoms with E-state index in [1.807, 2.05) is 36.5 Å². The summed E-state index contributed by atoms with van der Waals surface area (Å²) in [7, 11) is 1.77. The first kappa shape index (κ1) is 18.6. The fourth-order valence-corrected chi connectivity index (χ4v) is 2.64. The Balaban J connectivity index is 1.42.